The number of ether oxygens (including phenoxy) is 3. The van der Waals surface area contributed by atoms with Crippen LogP contribution in [0.3, 0.4) is 0 Å². The predicted octanol–water partition coefficient (Wildman–Crippen LogP) is 3.70. The number of fused-ring (bicyclic) bond motifs is 6. The third kappa shape index (κ3) is 3.46. The highest BCUT2D eigenvalue weighted by Gasteiger charge is 2.74. The number of esters is 3. The van der Waals surface area contributed by atoms with Gasteiger partial charge in [-0.2, -0.15) is 0 Å². The molecular formula is C29H36O9. The largest absolute Gasteiger partial charge is 0.472 e. The van der Waals surface area contributed by atoms with Gasteiger partial charge in [0.25, 0.3) is 0 Å². The zero-order valence-corrected chi connectivity index (χ0v) is 22.7. The van der Waals surface area contributed by atoms with Crippen molar-refractivity contribution in [3.63, 3.8) is 0 Å². The van der Waals surface area contributed by atoms with Crippen LogP contribution in [0, 0.1) is 34.0 Å². The SMILES string of the molecule is COC(=O)C[C@H]1C(C)(C)[C@H](OC(C)=O)[C@@H]2C[C@@]3(O)C4=CC(=O)O[C@@H](c5ccoc5)[C@]4(C)CC[C@@H]3[C@@]1(C)C2=O. The number of carbonyl (C=O) groups is 4. The van der Waals surface area contributed by atoms with Gasteiger partial charge >= 0.3 is 17.9 Å². The smallest absolute Gasteiger partial charge is 0.331 e. The van der Waals surface area contributed by atoms with Crippen LogP contribution in [0.2, 0.25) is 0 Å². The first-order valence-corrected chi connectivity index (χ1v) is 13.2. The standard InChI is InChI=1S/C29H36O9/c1-15(30)37-25-17-13-29(34)18(28(5,23(17)33)19(26(25,2)3)11-21(31)35-6)7-9-27(4)20(29)12-22(32)38-24(27)16-8-10-36-14-16/h8,10,12,14,17-19,24-25,34H,7,9,11,13H2,1-6H3/t17-,18-,19+,24+,25-,27-,28-,29+/m1/s1. The Labute approximate surface area is 221 Å². The minimum absolute atomic E-state index is 0.00518. The van der Waals surface area contributed by atoms with Crippen LogP contribution in [-0.2, 0) is 33.4 Å². The number of methoxy groups -OCH3 is 1. The molecule has 0 radical (unpaired) electrons. The number of Topliss-reactive ketones (excluding diaryl/α,β-unsaturated/α-hetero) is 1. The fourth-order valence-corrected chi connectivity index (χ4v) is 8.65. The fraction of sp³-hybridized carbons (Fsp3) is 0.655. The third-order valence-electron chi connectivity index (χ3n) is 10.3. The van der Waals surface area contributed by atoms with Gasteiger partial charge < -0.3 is 23.7 Å². The first-order chi connectivity index (χ1) is 17.7. The van der Waals surface area contributed by atoms with E-state index in [1.165, 1.54) is 32.6 Å². The number of rotatable bonds is 4. The fourth-order valence-electron chi connectivity index (χ4n) is 8.65. The molecule has 1 N–H and O–H groups in total. The third-order valence-corrected chi connectivity index (χ3v) is 10.3. The topological polar surface area (TPSA) is 129 Å². The molecule has 1 aromatic rings. The molecule has 1 aromatic heterocycles. The van der Waals surface area contributed by atoms with Gasteiger partial charge in [0, 0.05) is 47.1 Å². The van der Waals surface area contributed by atoms with E-state index in [2.05, 4.69) is 0 Å². The number of carbonyl (C=O) groups excluding carboxylic acids is 4. The summed E-state index contributed by atoms with van der Waals surface area (Å²) in [6.45, 7) is 8.90. The van der Waals surface area contributed by atoms with E-state index in [1.54, 1.807) is 6.07 Å². The van der Waals surface area contributed by atoms with Crippen molar-refractivity contribution >= 4 is 23.7 Å². The summed E-state index contributed by atoms with van der Waals surface area (Å²) in [5, 5.41) is 12.7. The Hall–Kier alpha value is -2.94. The minimum Gasteiger partial charge on any atom is -0.472 e. The van der Waals surface area contributed by atoms with E-state index >= 15 is 0 Å². The van der Waals surface area contributed by atoms with Crippen molar-refractivity contribution < 1.29 is 42.9 Å². The van der Waals surface area contributed by atoms with Crippen LogP contribution in [0.4, 0.5) is 0 Å². The van der Waals surface area contributed by atoms with Gasteiger partial charge in [0.15, 0.2) is 0 Å². The average Bonchev–Trinajstić information content (AvgIpc) is 3.37. The Bertz CT molecular complexity index is 1210. The van der Waals surface area contributed by atoms with E-state index in [4.69, 9.17) is 18.6 Å². The van der Waals surface area contributed by atoms with Crippen LogP contribution in [-0.4, -0.2) is 47.6 Å². The van der Waals surface area contributed by atoms with Crippen LogP contribution in [0.1, 0.15) is 72.0 Å². The van der Waals surface area contributed by atoms with Gasteiger partial charge in [-0.15, -0.1) is 0 Å². The molecule has 2 heterocycles. The normalized spacial score (nSPS) is 41.2. The zero-order chi connectivity index (χ0) is 27.8. The molecule has 0 saturated heterocycles. The van der Waals surface area contributed by atoms with Crippen molar-refractivity contribution in [1.82, 2.24) is 0 Å². The summed E-state index contributed by atoms with van der Waals surface area (Å²) >= 11 is 0. The molecule has 0 aromatic carbocycles. The van der Waals surface area contributed by atoms with Crippen LogP contribution >= 0.6 is 0 Å². The number of aliphatic hydroxyl groups is 1. The Balaban J connectivity index is 1.69. The molecule has 5 rings (SSSR count). The lowest BCUT2D eigenvalue weighted by atomic mass is 9.37. The van der Waals surface area contributed by atoms with E-state index in [0.29, 0.717) is 24.0 Å². The van der Waals surface area contributed by atoms with Gasteiger partial charge in [0.2, 0.25) is 0 Å². The van der Waals surface area contributed by atoms with Crippen molar-refractivity contribution in [2.24, 2.45) is 34.0 Å². The maximum atomic E-state index is 14.3. The Morgan fingerprint density at radius 1 is 1.18 bits per heavy atom. The molecule has 0 unspecified atom stereocenters. The monoisotopic (exact) mass is 528 g/mol. The lowest BCUT2D eigenvalue weighted by molar-refractivity contribution is -0.235. The molecule has 3 fully saturated rings. The number of ketones is 1. The summed E-state index contributed by atoms with van der Waals surface area (Å²) in [4.78, 5) is 52.0. The first kappa shape index (κ1) is 26.7. The number of cyclic esters (lactones) is 1. The van der Waals surface area contributed by atoms with Gasteiger partial charge in [0.05, 0.1) is 31.2 Å². The highest BCUT2D eigenvalue weighted by atomic mass is 16.6. The van der Waals surface area contributed by atoms with E-state index in [1.807, 2.05) is 27.7 Å². The Morgan fingerprint density at radius 2 is 1.89 bits per heavy atom. The molecule has 1 aliphatic heterocycles. The second kappa shape index (κ2) is 8.53. The highest BCUT2D eigenvalue weighted by Crippen LogP contribution is 2.70. The maximum Gasteiger partial charge on any atom is 0.331 e. The van der Waals surface area contributed by atoms with Crippen LogP contribution in [0.25, 0.3) is 0 Å². The Kier molecular flexibility index (Phi) is 5.98. The van der Waals surface area contributed by atoms with Gasteiger partial charge in [-0.1, -0.05) is 27.7 Å². The molecule has 8 atom stereocenters. The maximum absolute atomic E-state index is 14.3. The summed E-state index contributed by atoms with van der Waals surface area (Å²) in [6.07, 6.45) is 3.83. The van der Waals surface area contributed by atoms with Crippen molar-refractivity contribution in [3.05, 3.63) is 35.8 Å². The van der Waals surface area contributed by atoms with Crippen molar-refractivity contribution in [2.45, 2.75) is 78.1 Å². The molecule has 3 saturated carbocycles. The molecule has 9 heteroatoms. The lowest BCUT2D eigenvalue weighted by Gasteiger charge is -2.67. The van der Waals surface area contributed by atoms with E-state index in [9.17, 15) is 24.3 Å². The highest BCUT2D eigenvalue weighted by molar-refractivity contribution is 5.92. The van der Waals surface area contributed by atoms with E-state index < -0.39 is 69.7 Å². The molecule has 2 bridgehead atoms. The molecule has 9 nitrogen and oxygen atoms in total. The second-order valence-corrected chi connectivity index (χ2v) is 12.5. The van der Waals surface area contributed by atoms with Gasteiger partial charge in [-0.25, -0.2) is 4.79 Å². The van der Waals surface area contributed by atoms with Crippen LogP contribution in [0.5, 0.6) is 0 Å². The number of hydrogen-bond donors (Lipinski definition) is 1. The predicted molar refractivity (Wildman–Crippen MR) is 132 cm³/mol. The lowest BCUT2D eigenvalue weighted by Crippen LogP contribution is -2.73. The quantitative estimate of drug-likeness (QED) is 0.459. The molecule has 0 spiro atoms. The number of furan rings is 1. The zero-order valence-electron chi connectivity index (χ0n) is 22.7. The summed E-state index contributed by atoms with van der Waals surface area (Å²) in [5.74, 6) is -3.69. The summed E-state index contributed by atoms with van der Waals surface area (Å²) in [5.41, 5.74) is -3.02. The second-order valence-electron chi connectivity index (χ2n) is 12.5. The van der Waals surface area contributed by atoms with Crippen LogP contribution in [0.15, 0.2) is 34.7 Å². The first-order valence-electron chi connectivity index (χ1n) is 13.2. The van der Waals surface area contributed by atoms with Crippen molar-refractivity contribution in [1.29, 1.82) is 0 Å². The van der Waals surface area contributed by atoms with E-state index in [0.717, 1.165) is 0 Å². The van der Waals surface area contributed by atoms with Crippen LogP contribution < -0.4 is 0 Å². The molecule has 206 valence electrons. The summed E-state index contributed by atoms with van der Waals surface area (Å²) < 4.78 is 21.9. The van der Waals surface area contributed by atoms with Crippen molar-refractivity contribution in [2.75, 3.05) is 7.11 Å². The van der Waals surface area contributed by atoms with Gasteiger partial charge in [0.1, 0.15) is 18.0 Å². The molecule has 38 heavy (non-hydrogen) atoms. The minimum atomic E-state index is -1.56. The molecule has 0 amide bonds. The average molecular weight is 529 g/mol. The van der Waals surface area contributed by atoms with Crippen molar-refractivity contribution in [3.8, 4) is 0 Å². The van der Waals surface area contributed by atoms with E-state index in [-0.39, 0.29) is 18.6 Å². The van der Waals surface area contributed by atoms with Gasteiger partial charge in [-0.05, 0) is 36.8 Å². The van der Waals surface area contributed by atoms with Gasteiger partial charge in [-0.3, -0.25) is 14.4 Å². The molecular weight excluding hydrogens is 492 g/mol. The molecule has 3 aliphatic carbocycles. The Morgan fingerprint density at radius 3 is 2.50 bits per heavy atom. The summed E-state index contributed by atoms with van der Waals surface area (Å²) in [6, 6.07) is 1.74. The number of hydrogen-bond acceptors (Lipinski definition) is 9. The summed E-state index contributed by atoms with van der Waals surface area (Å²) in [7, 11) is 1.30. The molecule has 4 aliphatic rings.